The number of nitriles is 1. The van der Waals surface area contributed by atoms with Crippen LogP contribution in [0.1, 0.15) is 55.0 Å². The minimum atomic E-state index is 0.484. The van der Waals surface area contributed by atoms with Gasteiger partial charge in [0.25, 0.3) is 0 Å². The highest BCUT2D eigenvalue weighted by atomic mass is 15.5. The third-order valence-electron chi connectivity index (χ3n) is 3.92. The van der Waals surface area contributed by atoms with E-state index >= 15 is 0 Å². The van der Waals surface area contributed by atoms with Gasteiger partial charge in [-0.15, -0.1) is 5.10 Å². The van der Waals surface area contributed by atoms with Crippen LogP contribution < -0.4 is 0 Å². The standard InChI is InChI=1S/C15H17N5/c16-10-12-5-4-6-13(9-12)11-20-15(17-18-19-20)14-7-2-1-3-8-14/h4-6,9,14H,1-3,7-8,11H2. The van der Waals surface area contributed by atoms with Gasteiger partial charge in [0.2, 0.25) is 0 Å². The smallest absolute Gasteiger partial charge is 0.154 e. The van der Waals surface area contributed by atoms with E-state index in [1.807, 2.05) is 28.9 Å². The van der Waals surface area contributed by atoms with Gasteiger partial charge in [0, 0.05) is 5.92 Å². The zero-order valence-electron chi connectivity index (χ0n) is 11.4. The van der Waals surface area contributed by atoms with Crippen LogP contribution in [-0.2, 0) is 6.54 Å². The summed E-state index contributed by atoms with van der Waals surface area (Å²) in [5, 5.41) is 21.1. The molecule has 0 bridgehead atoms. The number of rotatable bonds is 3. The van der Waals surface area contributed by atoms with E-state index in [9.17, 15) is 0 Å². The number of nitrogens with zero attached hydrogens (tertiary/aromatic N) is 5. The molecule has 3 rings (SSSR count). The highest BCUT2D eigenvalue weighted by Gasteiger charge is 2.21. The van der Waals surface area contributed by atoms with Gasteiger partial charge in [-0.3, -0.25) is 0 Å². The lowest BCUT2D eigenvalue weighted by molar-refractivity contribution is 0.412. The first kappa shape index (κ1) is 12.8. The van der Waals surface area contributed by atoms with Gasteiger partial charge in [-0.2, -0.15) is 5.26 Å². The van der Waals surface area contributed by atoms with Crippen LogP contribution in [0.15, 0.2) is 24.3 Å². The molecular weight excluding hydrogens is 250 g/mol. The van der Waals surface area contributed by atoms with E-state index in [0.29, 0.717) is 18.0 Å². The molecule has 5 heteroatoms. The fourth-order valence-electron chi connectivity index (χ4n) is 2.89. The van der Waals surface area contributed by atoms with Crippen molar-refractivity contribution in [3.63, 3.8) is 0 Å². The summed E-state index contributed by atoms with van der Waals surface area (Å²) in [5.74, 6) is 1.48. The summed E-state index contributed by atoms with van der Waals surface area (Å²) >= 11 is 0. The van der Waals surface area contributed by atoms with E-state index in [2.05, 4.69) is 21.6 Å². The van der Waals surface area contributed by atoms with Crippen LogP contribution in [0, 0.1) is 11.3 Å². The Bertz CT molecular complexity index is 619. The molecule has 5 nitrogen and oxygen atoms in total. The van der Waals surface area contributed by atoms with E-state index < -0.39 is 0 Å². The second kappa shape index (κ2) is 5.83. The first-order chi connectivity index (χ1) is 9.86. The van der Waals surface area contributed by atoms with E-state index in [0.717, 1.165) is 11.4 Å². The maximum atomic E-state index is 8.95. The van der Waals surface area contributed by atoms with Crippen LogP contribution in [-0.4, -0.2) is 20.2 Å². The zero-order valence-corrected chi connectivity index (χ0v) is 11.4. The van der Waals surface area contributed by atoms with Crippen LogP contribution in [0.5, 0.6) is 0 Å². The maximum absolute atomic E-state index is 8.95. The Morgan fingerprint density at radius 2 is 2.10 bits per heavy atom. The molecule has 1 heterocycles. The summed E-state index contributed by atoms with van der Waals surface area (Å²) in [7, 11) is 0. The highest BCUT2D eigenvalue weighted by Crippen LogP contribution is 2.31. The molecule has 20 heavy (non-hydrogen) atoms. The Morgan fingerprint density at radius 3 is 2.90 bits per heavy atom. The monoisotopic (exact) mass is 267 g/mol. The maximum Gasteiger partial charge on any atom is 0.154 e. The third-order valence-corrected chi connectivity index (χ3v) is 3.92. The molecule has 102 valence electrons. The lowest BCUT2D eigenvalue weighted by atomic mass is 9.89. The van der Waals surface area contributed by atoms with Crippen molar-refractivity contribution in [2.24, 2.45) is 0 Å². The third kappa shape index (κ3) is 2.69. The quantitative estimate of drug-likeness (QED) is 0.857. The highest BCUT2D eigenvalue weighted by molar-refractivity contribution is 5.32. The number of aromatic nitrogens is 4. The van der Waals surface area contributed by atoms with Crippen LogP contribution in [0.2, 0.25) is 0 Å². The Labute approximate surface area is 118 Å². The number of hydrogen-bond acceptors (Lipinski definition) is 4. The van der Waals surface area contributed by atoms with Gasteiger partial charge in [-0.25, -0.2) is 4.68 Å². The van der Waals surface area contributed by atoms with Crippen LogP contribution in [0.4, 0.5) is 0 Å². The average Bonchev–Trinajstić information content (AvgIpc) is 2.96. The van der Waals surface area contributed by atoms with Crippen molar-refractivity contribution in [1.29, 1.82) is 5.26 Å². The summed E-state index contributed by atoms with van der Waals surface area (Å²) in [5.41, 5.74) is 1.74. The minimum absolute atomic E-state index is 0.484. The molecule has 1 aromatic carbocycles. The first-order valence-electron chi connectivity index (χ1n) is 7.12. The largest absolute Gasteiger partial charge is 0.225 e. The molecule has 1 aliphatic rings. The minimum Gasteiger partial charge on any atom is -0.225 e. The fraction of sp³-hybridized carbons (Fsp3) is 0.467. The van der Waals surface area contributed by atoms with E-state index in [1.165, 1.54) is 32.1 Å². The molecular formula is C15H17N5. The molecule has 0 radical (unpaired) electrons. The second-order valence-corrected chi connectivity index (χ2v) is 5.34. The van der Waals surface area contributed by atoms with Crippen molar-refractivity contribution in [3.8, 4) is 6.07 Å². The number of hydrogen-bond donors (Lipinski definition) is 0. The van der Waals surface area contributed by atoms with Crippen molar-refractivity contribution in [2.45, 2.75) is 44.6 Å². The van der Waals surface area contributed by atoms with Gasteiger partial charge in [0.1, 0.15) is 0 Å². The predicted molar refractivity (Wildman–Crippen MR) is 73.9 cm³/mol. The van der Waals surface area contributed by atoms with Crippen molar-refractivity contribution in [3.05, 3.63) is 41.2 Å². The Hall–Kier alpha value is -2.22. The molecule has 0 unspecified atom stereocenters. The van der Waals surface area contributed by atoms with Crippen molar-refractivity contribution in [2.75, 3.05) is 0 Å². The van der Waals surface area contributed by atoms with Gasteiger partial charge in [0.05, 0.1) is 18.2 Å². The lowest BCUT2D eigenvalue weighted by Gasteiger charge is -2.20. The topological polar surface area (TPSA) is 67.4 Å². The Balaban J connectivity index is 1.80. The Morgan fingerprint density at radius 1 is 1.25 bits per heavy atom. The molecule has 1 saturated carbocycles. The number of tetrazole rings is 1. The zero-order chi connectivity index (χ0) is 13.8. The Kier molecular flexibility index (Phi) is 3.73. The van der Waals surface area contributed by atoms with Gasteiger partial charge in [0.15, 0.2) is 5.82 Å². The summed E-state index contributed by atoms with van der Waals surface area (Å²) in [6.07, 6.45) is 6.21. The van der Waals surface area contributed by atoms with Crippen LogP contribution in [0.25, 0.3) is 0 Å². The van der Waals surface area contributed by atoms with Crippen molar-refractivity contribution < 1.29 is 0 Å². The van der Waals surface area contributed by atoms with Crippen molar-refractivity contribution in [1.82, 2.24) is 20.2 Å². The molecule has 0 spiro atoms. The summed E-state index contributed by atoms with van der Waals surface area (Å²) in [6.45, 7) is 0.633. The van der Waals surface area contributed by atoms with Crippen LogP contribution >= 0.6 is 0 Å². The summed E-state index contributed by atoms with van der Waals surface area (Å²) in [6, 6.07) is 9.78. The summed E-state index contributed by atoms with van der Waals surface area (Å²) < 4.78 is 1.88. The molecule has 0 amide bonds. The van der Waals surface area contributed by atoms with Crippen molar-refractivity contribution >= 4 is 0 Å². The second-order valence-electron chi connectivity index (χ2n) is 5.34. The average molecular weight is 267 g/mol. The molecule has 2 aromatic rings. The molecule has 0 aliphatic heterocycles. The fourth-order valence-corrected chi connectivity index (χ4v) is 2.89. The van der Waals surface area contributed by atoms with Gasteiger partial charge < -0.3 is 0 Å². The van der Waals surface area contributed by atoms with Gasteiger partial charge in [-0.1, -0.05) is 31.4 Å². The molecule has 0 N–H and O–H groups in total. The molecule has 1 fully saturated rings. The SMILES string of the molecule is N#Cc1cccc(Cn2nnnc2C2CCCCC2)c1. The van der Waals surface area contributed by atoms with E-state index in [-0.39, 0.29) is 0 Å². The molecule has 0 saturated heterocycles. The predicted octanol–water partition coefficient (Wildman–Crippen LogP) is 2.64. The molecule has 1 aliphatic carbocycles. The first-order valence-corrected chi connectivity index (χ1v) is 7.12. The van der Waals surface area contributed by atoms with Gasteiger partial charge in [-0.05, 0) is 41.0 Å². The molecule has 1 aromatic heterocycles. The number of benzene rings is 1. The molecule has 0 atom stereocenters. The van der Waals surface area contributed by atoms with Gasteiger partial charge >= 0.3 is 0 Å². The van der Waals surface area contributed by atoms with E-state index in [1.54, 1.807) is 0 Å². The summed E-state index contributed by atoms with van der Waals surface area (Å²) in [4.78, 5) is 0. The lowest BCUT2D eigenvalue weighted by Crippen LogP contribution is -2.14. The van der Waals surface area contributed by atoms with Crippen LogP contribution in [0.3, 0.4) is 0 Å². The normalized spacial score (nSPS) is 15.9. The van der Waals surface area contributed by atoms with E-state index in [4.69, 9.17) is 5.26 Å².